The molecule has 0 atom stereocenters. The van der Waals surface area contributed by atoms with Gasteiger partial charge >= 0.3 is 0 Å². The van der Waals surface area contributed by atoms with Crippen LogP contribution < -0.4 is 5.32 Å². The van der Waals surface area contributed by atoms with E-state index in [0.717, 1.165) is 16.5 Å². The van der Waals surface area contributed by atoms with E-state index in [2.05, 4.69) is 50.4 Å². The van der Waals surface area contributed by atoms with Crippen molar-refractivity contribution in [3.05, 3.63) is 36.0 Å². The highest BCUT2D eigenvalue weighted by atomic mass is 16.1. The van der Waals surface area contributed by atoms with Crippen LogP contribution in [0.2, 0.25) is 0 Å². The van der Waals surface area contributed by atoms with E-state index in [1.54, 1.807) is 0 Å². The zero-order valence-electron chi connectivity index (χ0n) is 11.9. The minimum Gasteiger partial charge on any atom is -0.345 e. The minimum absolute atomic E-state index is 0.164. The number of hydrogen-bond acceptors (Lipinski definition) is 4. The van der Waals surface area contributed by atoms with Crippen LogP contribution >= 0.6 is 0 Å². The molecule has 0 bridgehead atoms. The van der Waals surface area contributed by atoms with Crippen LogP contribution in [0.25, 0.3) is 10.9 Å². The monoisotopic (exact) mass is 284 g/mol. The van der Waals surface area contributed by atoms with Crippen LogP contribution in [0.4, 0.5) is 5.95 Å². The second kappa shape index (κ2) is 5.35. The number of carbonyl (C=O) groups excluding carboxylic acids is 1. The third-order valence-corrected chi connectivity index (χ3v) is 3.33. The molecule has 0 unspecified atom stereocenters. The molecule has 0 saturated heterocycles. The number of rotatable bonds is 4. The van der Waals surface area contributed by atoms with Crippen LogP contribution in [0.15, 0.2) is 30.5 Å². The number of para-hydroxylation sites is 1. The molecule has 0 aliphatic heterocycles. The normalized spacial score (nSPS) is 11.2. The van der Waals surface area contributed by atoms with Gasteiger partial charge in [0.1, 0.15) is 0 Å². The van der Waals surface area contributed by atoms with Gasteiger partial charge in [0.25, 0.3) is 5.95 Å². The molecule has 0 spiro atoms. The zero-order chi connectivity index (χ0) is 14.8. The molecule has 0 radical (unpaired) electrons. The average Bonchev–Trinajstić information content (AvgIpc) is 3.07. The summed E-state index contributed by atoms with van der Waals surface area (Å²) in [5.41, 5.74) is 2.12. The lowest BCUT2D eigenvalue weighted by molar-refractivity contribution is -0.115. The third kappa shape index (κ3) is 2.62. The molecular weight excluding hydrogens is 268 g/mol. The number of nitrogens with zero attached hydrogens (tertiary/aromatic N) is 4. The molecule has 21 heavy (non-hydrogen) atoms. The van der Waals surface area contributed by atoms with Gasteiger partial charge in [0.05, 0.1) is 6.42 Å². The highest BCUT2D eigenvalue weighted by Crippen LogP contribution is 2.25. The van der Waals surface area contributed by atoms with Crippen LogP contribution in [0.1, 0.15) is 25.5 Å². The predicted molar refractivity (Wildman–Crippen MR) is 78.8 cm³/mol. The van der Waals surface area contributed by atoms with Gasteiger partial charge in [0.2, 0.25) is 5.91 Å². The van der Waals surface area contributed by atoms with Crippen LogP contribution in [-0.4, -0.2) is 31.1 Å². The predicted octanol–water partition coefficient (Wildman–Crippen LogP) is 1.92. The highest BCUT2D eigenvalue weighted by Gasteiger charge is 2.14. The van der Waals surface area contributed by atoms with Gasteiger partial charge in [-0.1, -0.05) is 23.3 Å². The Morgan fingerprint density at radius 3 is 2.90 bits per heavy atom. The van der Waals surface area contributed by atoms with Crippen molar-refractivity contribution in [2.24, 2.45) is 0 Å². The van der Waals surface area contributed by atoms with E-state index in [1.807, 2.05) is 24.4 Å². The average molecular weight is 284 g/mol. The van der Waals surface area contributed by atoms with Gasteiger partial charge in [-0.05, 0) is 30.7 Å². The van der Waals surface area contributed by atoms with E-state index in [9.17, 15) is 4.79 Å². The van der Waals surface area contributed by atoms with Gasteiger partial charge in [-0.25, -0.2) is 0 Å². The summed E-state index contributed by atoms with van der Waals surface area (Å²) in [4.78, 5) is 12.1. The molecule has 0 aliphatic carbocycles. The van der Waals surface area contributed by atoms with E-state index in [4.69, 9.17) is 0 Å². The third-order valence-electron chi connectivity index (χ3n) is 3.33. The second-order valence-corrected chi connectivity index (χ2v) is 5.13. The Hall–Kier alpha value is -2.70. The number of tetrazole rings is 1. The number of H-pyrrole nitrogens is 1. The Kier molecular flexibility index (Phi) is 3.39. The lowest BCUT2D eigenvalue weighted by Gasteiger charge is -2.08. The molecule has 3 aromatic rings. The van der Waals surface area contributed by atoms with E-state index >= 15 is 0 Å². The fraction of sp³-hybridized carbons (Fsp3) is 0.286. The van der Waals surface area contributed by atoms with Gasteiger partial charge in [-0.15, -0.1) is 5.10 Å². The largest absolute Gasteiger partial charge is 0.345 e. The summed E-state index contributed by atoms with van der Waals surface area (Å²) in [6.45, 7) is 4.24. The van der Waals surface area contributed by atoms with E-state index in [-0.39, 0.29) is 18.3 Å². The number of anilines is 1. The maximum absolute atomic E-state index is 12.1. The second-order valence-electron chi connectivity index (χ2n) is 5.13. The lowest BCUT2D eigenvalue weighted by Crippen LogP contribution is -2.15. The summed E-state index contributed by atoms with van der Waals surface area (Å²) >= 11 is 0. The number of fused-ring (bicyclic) bond motifs is 1. The number of amides is 1. The number of carbonyl (C=O) groups is 1. The van der Waals surface area contributed by atoms with Crippen LogP contribution in [-0.2, 0) is 11.2 Å². The zero-order valence-corrected chi connectivity index (χ0v) is 11.9. The molecular formula is C14H16N6O. The van der Waals surface area contributed by atoms with Crippen molar-refractivity contribution >= 4 is 22.8 Å². The summed E-state index contributed by atoms with van der Waals surface area (Å²) in [7, 11) is 0. The van der Waals surface area contributed by atoms with Crippen molar-refractivity contribution in [3.8, 4) is 0 Å². The Morgan fingerprint density at radius 1 is 1.38 bits per heavy atom. The van der Waals surface area contributed by atoms with E-state index in [0.29, 0.717) is 6.04 Å². The smallest absolute Gasteiger partial charge is 0.269 e. The molecule has 108 valence electrons. The Labute approximate surface area is 121 Å². The molecule has 0 saturated carbocycles. The van der Waals surface area contributed by atoms with Gasteiger partial charge in [0, 0.05) is 23.1 Å². The lowest BCUT2D eigenvalue weighted by atomic mass is 10.1. The Bertz CT molecular complexity index is 759. The van der Waals surface area contributed by atoms with Gasteiger partial charge < -0.3 is 4.57 Å². The Balaban J connectivity index is 1.88. The first-order chi connectivity index (χ1) is 10.1. The van der Waals surface area contributed by atoms with Gasteiger partial charge in [-0.3, -0.25) is 10.1 Å². The van der Waals surface area contributed by atoms with Crippen molar-refractivity contribution in [2.75, 3.05) is 5.32 Å². The number of aromatic nitrogens is 5. The minimum atomic E-state index is -0.164. The highest BCUT2D eigenvalue weighted by molar-refractivity contribution is 5.94. The van der Waals surface area contributed by atoms with E-state index in [1.165, 1.54) is 0 Å². The molecule has 0 aliphatic rings. The van der Waals surface area contributed by atoms with Crippen molar-refractivity contribution in [1.82, 2.24) is 25.2 Å². The molecule has 7 nitrogen and oxygen atoms in total. The quantitative estimate of drug-likeness (QED) is 0.766. The van der Waals surface area contributed by atoms with Crippen LogP contribution in [0.5, 0.6) is 0 Å². The van der Waals surface area contributed by atoms with Crippen LogP contribution in [0.3, 0.4) is 0 Å². The van der Waals surface area contributed by atoms with Crippen molar-refractivity contribution < 1.29 is 4.79 Å². The van der Waals surface area contributed by atoms with Crippen molar-refractivity contribution in [1.29, 1.82) is 0 Å². The number of benzene rings is 1. The summed E-state index contributed by atoms with van der Waals surface area (Å²) in [6.07, 6.45) is 2.31. The first-order valence-corrected chi connectivity index (χ1v) is 6.77. The maximum atomic E-state index is 12.1. The molecule has 2 N–H and O–H groups in total. The molecule has 7 heteroatoms. The first kappa shape index (κ1) is 13.3. The summed E-state index contributed by atoms with van der Waals surface area (Å²) in [5, 5.41) is 16.8. The summed E-state index contributed by atoms with van der Waals surface area (Å²) in [5.74, 6) is 0.0238. The molecule has 2 aromatic heterocycles. The molecule has 2 heterocycles. The number of nitrogens with one attached hydrogen (secondary N) is 2. The standard InChI is InChI=1S/C14H16N6O/c1-9(2)20-8-10(11-5-3-4-6-12(11)20)7-13(21)15-14-16-18-19-17-14/h3-6,8-9H,7H2,1-2H3,(H2,15,16,17,18,19,21). The van der Waals surface area contributed by atoms with Gasteiger partial charge in [0.15, 0.2) is 0 Å². The number of aromatic amines is 1. The van der Waals surface area contributed by atoms with Crippen LogP contribution in [0, 0.1) is 0 Å². The molecule has 3 rings (SSSR count). The van der Waals surface area contributed by atoms with Crippen molar-refractivity contribution in [2.45, 2.75) is 26.3 Å². The number of hydrogen-bond donors (Lipinski definition) is 2. The molecule has 1 amide bonds. The van der Waals surface area contributed by atoms with E-state index < -0.39 is 0 Å². The Morgan fingerprint density at radius 2 is 2.19 bits per heavy atom. The maximum Gasteiger partial charge on any atom is 0.269 e. The summed E-state index contributed by atoms with van der Waals surface area (Å²) in [6, 6.07) is 8.42. The SMILES string of the molecule is CC(C)n1cc(CC(=O)Nc2nn[nH]n2)c2ccccc21. The fourth-order valence-corrected chi connectivity index (χ4v) is 2.40. The fourth-order valence-electron chi connectivity index (χ4n) is 2.40. The topological polar surface area (TPSA) is 88.5 Å². The first-order valence-electron chi connectivity index (χ1n) is 6.77. The van der Waals surface area contributed by atoms with Crippen molar-refractivity contribution in [3.63, 3.8) is 0 Å². The molecule has 0 fully saturated rings. The molecule has 1 aromatic carbocycles. The van der Waals surface area contributed by atoms with Gasteiger partial charge in [-0.2, -0.15) is 5.21 Å². The summed E-state index contributed by atoms with van der Waals surface area (Å²) < 4.78 is 2.17.